The van der Waals surface area contributed by atoms with E-state index >= 15 is 0 Å². The molecule has 1 aliphatic rings. The summed E-state index contributed by atoms with van der Waals surface area (Å²) in [5.41, 5.74) is 2.79. The van der Waals surface area contributed by atoms with E-state index in [-0.39, 0.29) is 16.3 Å². The molecule has 0 heterocycles. The van der Waals surface area contributed by atoms with Gasteiger partial charge in [0.15, 0.2) is 0 Å². The lowest BCUT2D eigenvalue weighted by Gasteiger charge is -2.30. The molecule has 1 aliphatic carbocycles. The third-order valence-corrected chi connectivity index (χ3v) is 5.32. The van der Waals surface area contributed by atoms with Crippen LogP contribution in [0.5, 0.6) is 0 Å². The van der Waals surface area contributed by atoms with Crippen molar-refractivity contribution in [2.75, 3.05) is 0 Å². The fraction of sp³-hybridized carbons (Fsp3) is 0.294. The van der Waals surface area contributed by atoms with Gasteiger partial charge in [-0.25, -0.2) is 8.78 Å². The highest BCUT2D eigenvalue weighted by atomic mass is 79.9. The summed E-state index contributed by atoms with van der Waals surface area (Å²) in [6.45, 7) is 0. The van der Waals surface area contributed by atoms with Gasteiger partial charge in [-0.05, 0) is 48.4 Å². The van der Waals surface area contributed by atoms with Crippen LogP contribution in [0.1, 0.15) is 27.9 Å². The molecule has 0 amide bonds. The van der Waals surface area contributed by atoms with Gasteiger partial charge in [0.25, 0.3) is 0 Å². The van der Waals surface area contributed by atoms with Crippen molar-refractivity contribution in [2.24, 2.45) is 5.92 Å². The molecule has 2 atom stereocenters. The van der Waals surface area contributed by atoms with Gasteiger partial charge in [0.2, 0.25) is 0 Å². The zero-order chi connectivity index (χ0) is 14.1. The highest BCUT2D eigenvalue weighted by Crippen LogP contribution is 2.42. The van der Waals surface area contributed by atoms with Gasteiger partial charge in [-0.2, -0.15) is 0 Å². The molecule has 104 valence electrons. The minimum atomic E-state index is -0.441. The topological polar surface area (TPSA) is 0 Å². The predicted octanol–water partition coefficient (Wildman–Crippen LogP) is 5.21. The number of alkyl halides is 1. The first kappa shape index (κ1) is 13.7. The molecule has 3 rings (SSSR count). The summed E-state index contributed by atoms with van der Waals surface area (Å²) in [7, 11) is 0. The summed E-state index contributed by atoms with van der Waals surface area (Å²) < 4.78 is 27.5. The van der Waals surface area contributed by atoms with Crippen LogP contribution in [0.3, 0.4) is 0 Å². The Balaban J connectivity index is 1.87. The Labute approximate surface area is 126 Å². The SMILES string of the molecule is Fc1cccc(F)c1CC1CCc2ccccc2C1Br. The number of rotatable bonds is 2. The van der Waals surface area contributed by atoms with E-state index in [2.05, 4.69) is 28.1 Å². The molecule has 0 spiro atoms. The van der Waals surface area contributed by atoms with Gasteiger partial charge in [-0.1, -0.05) is 46.3 Å². The lowest BCUT2D eigenvalue weighted by atomic mass is 9.80. The summed E-state index contributed by atoms with van der Waals surface area (Å²) in [6, 6.07) is 12.4. The molecule has 2 aromatic carbocycles. The van der Waals surface area contributed by atoms with Crippen molar-refractivity contribution < 1.29 is 8.78 Å². The Morgan fingerprint density at radius 2 is 1.70 bits per heavy atom. The number of fused-ring (bicyclic) bond motifs is 1. The molecule has 0 fully saturated rings. The smallest absolute Gasteiger partial charge is 0.129 e. The van der Waals surface area contributed by atoms with Crippen molar-refractivity contribution in [3.8, 4) is 0 Å². The van der Waals surface area contributed by atoms with Gasteiger partial charge in [0.05, 0.1) is 0 Å². The van der Waals surface area contributed by atoms with Crippen molar-refractivity contribution in [1.29, 1.82) is 0 Å². The predicted molar refractivity (Wildman–Crippen MR) is 80.0 cm³/mol. The van der Waals surface area contributed by atoms with Crippen molar-refractivity contribution in [1.82, 2.24) is 0 Å². The second-order valence-electron chi connectivity index (χ2n) is 5.30. The Morgan fingerprint density at radius 3 is 2.45 bits per heavy atom. The van der Waals surface area contributed by atoms with E-state index in [0.29, 0.717) is 6.42 Å². The van der Waals surface area contributed by atoms with Crippen LogP contribution in [-0.2, 0) is 12.8 Å². The van der Waals surface area contributed by atoms with Crippen LogP contribution in [-0.4, -0.2) is 0 Å². The average molecular weight is 337 g/mol. The highest BCUT2D eigenvalue weighted by Gasteiger charge is 2.28. The standard InChI is InChI=1S/C17H15BrF2/c18-17-12(9-8-11-4-1-2-5-13(11)17)10-14-15(19)6-3-7-16(14)20/h1-7,12,17H,8-10H2. The van der Waals surface area contributed by atoms with Gasteiger partial charge >= 0.3 is 0 Å². The van der Waals surface area contributed by atoms with Gasteiger partial charge in [0.1, 0.15) is 11.6 Å². The summed E-state index contributed by atoms with van der Waals surface area (Å²) in [4.78, 5) is 0.159. The first-order valence-electron chi connectivity index (χ1n) is 6.81. The third-order valence-electron chi connectivity index (χ3n) is 4.08. The molecule has 0 bridgehead atoms. The average Bonchev–Trinajstić information content (AvgIpc) is 2.45. The maximum absolute atomic E-state index is 13.8. The maximum atomic E-state index is 13.8. The normalized spacial score (nSPS) is 21.6. The fourth-order valence-corrected chi connectivity index (χ4v) is 3.87. The van der Waals surface area contributed by atoms with Crippen molar-refractivity contribution >= 4 is 15.9 Å². The molecule has 0 nitrogen and oxygen atoms in total. The molecule has 0 N–H and O–H groups in total. The second-order valence-corrected chi connectivity index (χ2v) is 6.29. The molecular weight excluding hydrogens is 322 g/mol. The molecular formula is C17H15BrF2. The molecule has 20 heavy (non-hydrogen) atoms. The van der Waals surface area contributed by atoms with E-state index in [1.807, 2.05) is 12.1 Å². The Morgan fingerprint density at radius 1 is 1.00 bits per heavy atom. The van der Waals surface area contributed by atoms with E-state index < -0.39 is 11.6 Å². The highest BCUT2D eigenvalue weighted by molar-refractivity contribution is 9.09. The van der Waals surface area contributed by atoms with E-state index in [0.717, 1.165) is 12.8 Å². The van der Waals surface area contributed by atoms with Crippen LogP contribution in [0.15, 0.2) is 42.5 Å². The monoisotopic (exact) mass is 336 g/mol. The Hall–Kier alpha value is -1.22. The Bertz CT molecular complexity index is 604. The third kappa shape index (κ3) is 2.51. The first-order chi connectivity index (χ1) is 9.66. The molecule has 0 aromatic heterocycles. The van der Waals surface area contributed by atoms with Gasteiger partial charge in [0, 0.05) is 10.4 Å². The molecule has 0 aliphatic heterocycles. The lowest BCUT2D eigenvalue weighted by molar-refractivity contribution is 0.431. The van der Waals surface area contributed by atoms with Crippen LogP contribution >= 0.6 is 15.9 Å². The van der Waals surface area contributed by atoms with Gasteiger partial charge < -0.3 is 0 Å². The summed E-state index contributed by atoms with van der Waals surface area (Å²) in [5, 5.41) is 0. The molecule has 3 heteroatoms. The molecule has 2 aromatic rings. The fourth-order valence-electron chi connectivity index (χ4n) is 2.97. The molecule has 0 radical (unpaired) electrons. The largest absolute Gasteiger partial charge is 0.207 e. The van der Waals surface area contributed by atoms with Crippen LogP contribution in [0.25, 0.3) is 0 Å². The van der Waals surface area contributed by atoms with E-state index in [1.54, 1.807) is 0 Å². The van der Waals surface area contributed by atoms with Crippen molar-refractivity contribution in [2.45, 2.75) is 24.1 Å². The summed E-state index contributed by atoms with van der Waals surface area (Å²) in [6.07, 6.45) is 2.35. The minimum Gasteiger partial charge on any atom is -0.207 e. The van der Waals surface area contributed by atoms with E-state index in [1.165, 1.54) is 29.3 Å². The summed E-state index contributed by atoms with van der Waals surface area (Å²) in [5.74, 6) is -0.664. The minimum absolute atomic E-state index is 0.159. The quantitative estimate of drug-likeness (QED) is 0.660. The zero-order valence-electron chi connectivity index (χ0n) is 11.0. The van der Waals surface area contributed by atoms with E-state index in [9.17, 15) is 8.78 Å². The van der Waals surface area contributed by atoms with Crippen LogP contribution in [0.2, 0.25) is 0 Å². The molecule has 0 saturated carbocycles. The number of hydrogen-bond acceptors (Lipinski definition) is 0. The number of hydrogen-bond donors (Lipinski definition) is 0. The molecule has 2 unspecified atom stereocenters. The summed E-state index contributed by atoms with van der Waals surface area (Å²) >= 11 is 3.72. The van der Waals surface area contributed by atoms with Crippen LogP contribution in [0.4, 0.5) is 8.78 Å². The van der Waals surface area contributed by atoms with Crippen molar-refractivity contribution in [3.05, 3.63) is 70.8 Å². The van der Waals surface area contributed by atoms with E-state index in [4.69, 9.17) is 0 Å². The number of halogens is 3. The van der Waals surface area contributed by atoms with Gasteiger partial charge in [-0.3, -0.25) is 0 Å². The van der Waals surface area contributed by atoms with Crippen LogP contribution in [0, 0.1) is 17.6 Å². The van der Waals surface area contributed by atoms with Crippen LogP contribution < -0.4 is 0 Å². The zero-order valence-corrected chi connectivity index (χ0v) is 12.5. The lowest BCUT2D eigenvalue weighted by Crippen LogP contribution is -2.19. The molecule has 0 saturated heterocycles. The maximum Gasteiger partial charge on any atom is 0.129 e. The Kier molecular flexibility index (Phi) is 3.88. The van der Waals surface area contributed by atoms with Gasteiger partial charge in [-0.15, -0.1) is 0 Å². The second kappa shape index (κ2) is 5.65. The number of aryl methyl sites for hydroxylation is 1. The number of benzene rings is 2. The first-order valence-corrected chi connectivity index (χ1v) is 7.73. The van der Waals surface area contributed by atoms with Crippen molar-refractivity contribution in [3.63, 3.8) is 0 Å².